The van der Waals surface area contributed by atoms with Gasteiger partial charge in [0.2, 0.25) is 10.0 Å². The van der Waals surface area contributed by atoms with Gasteiger partial charge in [0.25, 0.3) is 0 Å². The van der Waals surface area contributed by atoms with Crippen LogP contribution in [0.3, 0.4) is 0 Å². The minimum absolute atomic E-state index is 0.170. The molecule has 2 heterocycles. The minimum Gasteiger partial charge on any atom is -0.350 e. The van der Waals surface area contributed by atoms with Crippen LogP contribution in [0.4, 0.5) is 0 Å². The molecule has 0 aliphatic carbocycles. The summed E-state index contributed by atoms with van der Waals surface area (Å²) in [6.45, 7) is 2.26. The highest BCUT2D eigenvalue weighted by molar-refractivity contribution is 7.89. The van der Waals surface area contributed by atoms with Crippen LogP contribution < -0.4 is 0 Å². The van der Waals surface area contributed by atoms with Crippen molar-refractivity contribution in [2.75, 3.05) is 26.3 Å². The highest BCUT2D eigenvalue weighted by Gasteiger charge is 2.35. The molecule has 138 valence electrons. The first-order chi connectivity index (χ1) is 12.7. The SMILES string of the molecule is O=S(=O)(c1ccccc1-c1ccccc1)N1CCC(C2OCCO2)CC1. The molecule has 26 heavy (non-hydrogen) atoms. The molecule has 0 saturated carbocycles. The molecule has 0 amide bonds. The predicted octanol–water partition coefficient (Wildman–Crippen LogP) is 3.13. The Morgan fingerprint density at radius 1 is 0.846 bits per heavy atom. The number of hydrogen-bond acceptors (Lipinski definition) is 4. The molecule has 2 aromatic rings. The summed E-state index contributed by atoms with van der Waals surface area (Å²) < 4.78 is 39.3. The average molecular weight is 373 g/mol. The summed E-state index contributed by atoms with van der Waals surface area (Å²) in [6, 6.07) is 16.9. The molecule has 0 spiro atoms. The van der Waals surface area contributed by atoms with E-state index in [0.717, 1.165) is 24.0 Å². The second kappa shape index (κ2) is 7.48. The molecule has 2 fully saturated rings. The zero-order valence-corrected chi connectivity index (χ0v) is 15.4. The van der Waals surface area contributed by atoms with Crippen molar-refractivity contribution in [2.45, 2.75) is 24.0 Å². The fraction of sp³-hybridized carbons (Fsp3) is 0.400. The van der Waals surface area contributed by atoms with Gasteiger partial charge < -0.3 is 9.47 Å². The second-order valence-electron chi connectivity index (χ2n) is 6.71. The summed E-state index contributed by atoms with van der Waals surface area (Å²) in [4.78, 5) is 0.373. The van der Waals surface area contributed by atoms with E-state index in [-0.39, 0.29) is 12.2 Å². The summed E-state index contributed by atoms with van der Waals surface area (Å²) >= 11 is 0. The lowest BCUT2D eigenvalue weighted by Crippen LogP contribution is -2.41. The van der Waals surface area contributed by atoms with E-state index in [9.17, 15) is 8.42 Å². The first-order valence-corrected chi connectivity index (χ1v) is 10.5. The highest BCUT2D eigenvalue weighted by atomic mass is 32.2. The molecule has 0 N–H and O–H groups in total. The van der Waals surface area contributed by atoms with Crippen LogP contribution in [0.1, 0.15) is 12.8 Å². The van der Waals surface area contributed by atoms with Gasteiger partial charge in [0.15, 0.2) is 6.29 Å². The third-order valence-corrected chi connectivity index (χ3v) is 7.08. The third kappa shape index (κ3) is 3.42. The Labute approximate surface area is 154 Å². The topological polar surface area (TPSA) is 55.8 Å². The number of piperidine rings is 1. The van der Waals surface area contributed by atoms with E-state index in [1.165, 1.54) is 0 Å². The third-order valence-electron chi connectivity index (χ3n) is 5.12. The Morgan fingerprint density at radius 2 is 1.46 bits per heavy atom. The molecule has 2 aromatic carbocycles. The van der Waals surface area contributed by atoms with Gasteiger partial charge in [-0.1, -0.05) is 48.5 Å². The Bertz CT molecular complexity index is 839. The zero-order valence-electron chi connectivity index (χ0n) is 14.6. The van der Waals surface area contributed by atoms with Crippen molar-refractivity contribution in [3.63, 3.8) is 0 Å². The van der Waals surface area contributed by atoms with Gasteiger partial charge in [-0.25, -0.2) is 8.42 Å². The van der Waals surface area contributed by atoms with Crippen LogP contribution in [0.25, 0.3) is 11.1 Å². The van der Waals surface area contributed by atoms with Gasteiger partial charge in [0, 0.05) is 24.6 Å². The maximum atomic E-state index is 13.3. The summed E-state index contributed by atoms with van der Waals surface area (Å²) in [5.74, 6) is 0.272. The van der Waals surface area contributed by atoms with E-state index < -0.39 is 10.0 Å². The van der Waals surface area contributed by atoms with Crippen LogP contribution in [-0.4, -0.2) is 45.3 Å². The molecule has 2 aliphatic rings. The number of ether oxygens (including phenoxy) is 2. The van der Waals surface area contributed by atoms with Crippen LogP contribution in [-0.2, 0) is 19.5 Å². The monoisotopic (exact) mass is 373 g/mol. The molecule has 5 nitrogen and oxygen atoms in total. The Kier molecular flexibility index (Phi) is 5.09. The quantitative estimate of drug-likeness (QED) is 0.826. The maximum Gasteiger partial charge on any atom is 0.243 e. The van der Waals surface area contributed by atoms with Crippen LogP contribution in [0.15, 0.2) is 59.5 Å². The first kappa shape index (κ1) is 17.7. The number of sulfonamides is 1. The smallest absolute Gasteiger partial charge is 0.243 e. The van der Waals surface area contributed by atoms with Crippen molar-refractivity contribution in [1.82, 2.24) is 4.31 Å². The Morgan fingerprint density at radius 3 is 2.15 bits per heavy atom. The van der Waals surface area contributed by atoms with Crippen molar-refractivity contribution in [3.8, 4) is 11.1 Å². The number of benzene rings is 2. The second-order valence-corrected chi connectivity index (χ2v) is 8.62. The maximum absolute atomic E-state index is 13.3. The number of nitrogens with zero attached hydrogens (tertiary/aromatic N) is 1. The van der Waals surface area contributed by atoms with E-state index in [1.54, 1.807) is 16.4 Å². The number of hydrogen-bond donors (Lipinski definition) is 0. The van der Waals surface area contributed by atoms with E-state index in [0.29, 0.717) is 31.2 Å². The van der Waals surface area contributed by atoms with Gasteiger partial charge in [0.05, 0.1) is 18.1 Å². The largest absolute Gasteiger partial charge is 0.350 e. The molecule has 2 aliphatic heterocycles. The van der Waals surface area contributed by atoms with Crippen molar-refractivity contribution >= 4 is 10.0 Å². The molecular weight excluding hydrogens is 350 g/mol. The van der Waals surface area contributed by atoms with Crippen molar-refractivity contribution in [1.29, 1.82) is 0 Å². The molecule has 4 rings (SSSR count). The normalized spacial score (nSPS) is 20.5. The predicted molar refractivity (Wildman–Crippen MR) is 99.1 cm³/mol. The van der Waals surface area contributed by atoms with Gasteiger partial charge >= 0.3 is 0 Å². The molecule has 2 saturated heterocycles. The lowest BCUT2D eigenvalue weighted by atomic mass is 9.98. The van der Waals surface area contributed by atoms with E-state index in [1.807, 2.05) is 42.5 Å². The molecule has 0 radical (unpaired) electrons. The van der Waals surface area contributed by atoms with Gasteiger partial charge in [0.1, 0.15) is 0 Å². The summed E-state index contributed by atoms with van der Waals surface area (Å²) in [5, 5.41) is 0. The lowest BCUT2D eigenvalue weighted by molar-refractivity contribution is -0.0938. The molecule has 0 atom stereocenters. The Balaban J connectivity index is 1.56. The summed E-state index contributed by atoms with van der Waals surface area (Å²) in [7, 11) is -3.54. The molecule has 0 aromatic heterocycles. The summed E-state index contributed by atoms with van der Waals surface area (Å²) in [6.07, 6.45) is 1.35. The fourth-order valence-corrected chi connectivity index (χ4v) is 5.41. The van der Waals surface area contributed by atoms with Crippen LogP contribution >= 0.6 is 0 Å². The van der Waals surface area contributed by atoms with Crippen molar-refractivity contribution in [2.24, 2.45) is 5.92 Å². The van der Waals surface area contributed by atoms with E-state index in [4.69, 9.17) is 9.47 Å². The molecule has 6 heteroatoms. The van der Waals surface area contributed by atoms with Crippen LogP contribution in [0.5, 0.6) is 0 Å². The molecular formula is C20H23NO4S. The van der Waals surface area contributed by atoms with Gasteiger partial charge in [-0.2, -0.15) is 4.31 Å². The molecule has 0 bridgehead atoms. The van der Waals surface area contributed by atoms with Gasteiger partial charge in [-0.15, -0.1) is 0 Å². The van der Waals surface area contributed by atoms with Gasteiger partial charge in [-0.3, -0.25) is 0 Å². The number of rotatable bonds is 4. The minimum atomic E-state index is -3.54. The van der Waals surface area contributed by atoms with Gasteiger partial charge in [-0.05, 0) is 24.5 Å². The average Bonchev–Trinajstić information content (AvgIpc) is 3.24. The standard InChI is InChI=1S/C20H23NO4S/c22-26(23,21-12-10-17(11-13-21)20-24-14-15-25-20)19-9-5-4-8-18(19)16-6-2-1-3-7-16/h1-9,17,20H,10-15H2. The first-order valence-electron chi connectivity index (χ1n) is 9.04. The highest BCUT2D eigenvalue weighted by Crippen LogP contribution is 2.33. The van der Waals surface area contributed by atoms with Crippen molar-refractivity contribution in [3.05, 3.63) is 54.6 Å². The van der Waals surface area contributed by atoms with Crippen LogP contribution in [0.2, 0.25) is 0 Å². The molecule has 0 unspecified atom stereocenters. The van der Waals surface area contributed by atoms with E-state index in [2.05, 4.69) is 0 Å². The zero-order chi connectivity index (χ0) is 18.0. The summed E-state index contributed by atoms with van der Waals surface area (Å²) in [5.41, 5.74) is 1.66. The van der Waals surface area contributed by atoms with Crippen molar-refractivity contribution < 1.29 is 17.9 Å². The Hall–Kier alpha value is -1.73. The van der Waals surface area contributed by atoms with E-state index >= 15 is 0 Å². The van der Waals surface area contributed by atoms with Crippen LogP contribution in [0, 0.1) is 5.92 Å². The fourth-order valence-electron chi connectivity index (χ4n) is 3.72. The lowest BCUT2D eigenvalue weighted by Gasteiger charge is -2.33.